The Labute approximate surface area is 94.5 Å². The summed E-state index contributed by atoms with van der Waals surface area (Å²) in [7, 11) is 2.95. The standard InChI is InChI=1S/C11H16N2O3/c1-15-8-3-4-10(9(12)7-8)13-6-5-11(14)16-2/h3-4,7,13H,5-6,12H2,1-2H3. The molecule has 0 aliphatic rings. The molecule has 0 unspecified atom stereocenters. The van der Waals surface area contributed by atoms with E-state index in [0.29, 0.717) is 24.4 Å². The molecule has 0 fully saturated rings. The van der Waals surface area contributed by atoms with Crippen LogP contribution in [0.3, 0.4) is 0 Å². The topological polar surface area (TPSA) is 73.6 Å². The molecule has 0 bridgehead atoms. The average molecular weight is 224 g/mol. The number of nitrogens with one attached hydrogen (secondary N) is 1. The van der Waals surface area contributed by atoms with Gasteiger partial charge >= 0.3 is 5.97 Å². The Balaban J connectivity index is 2.51. The van der Waals surface area contributed by atoms with Crippen LogP contribution >= 0.6 is 0 Å². The third-order valence-electron chi connectivity index (χ3n) is 2.13. The fraction of sp³-hybridized carbons (Fsp3) is 0.364. The minimum absolute atomic E-state index is 0.250. The average Bonchev–Trinajstić information content (AvgIpc) is 2.30. The minimum Gasteiger partial charge on any atom is -0.497 e. The molecule has 5 heteroatoms. The van der Waals surface area contributed by atoms with Gasteiger partial charge in [0.1, 0.15) is 5.75 Å². The van der Waals surface area contributed by atoms with Crippen LogP contribution in [0, 0.1) is 0 Å². The van der Waals surface area contributed by atoms with Crippen molar-refractivity contribution in [3.8, 4) is 5.75 Å². The van der Waals surface area contributed by atoms with E-state index in [1.54, 1.807) is 19.2 Å². The highest BCUT2D eigenvalue weighted by molar-refractivity contribution is 5.71. The number of ether oxygens (including phenoxy) is 2. The van der Waals surface area contributed by atoms with Crippen molar-refractivity contribution in [3.05, 3.63) is 18.2 Å². The SMILES string of the molecule is COC(=O)CCNc1ccc(OC)cc1N. The number of nitrogen functional groups attached to an aromatic ring is 1. The smallest absolute Gasteiger partial charge is 0.307 e. The molecule has 0 heterocycles. The Morgan fingerprint density at radius 2 is 2.19 bits per heavy atom. The van der Waals surface area contributed by atoms with E-state index in [1.165, 1.54) is 7.11 Å². The second-order valence-corrected chi connectivity index (χ2v) is 3.21. The number of hydrogen-bond donors (Lipinski definition) is 2. The molecule has 16 heavy (non-hydrogen) atoms. The van der Waals surface area contributed by atoms with Gasteiger partial charge in [0.2, 0.25) is 0 Å². The van der Waals surface area contributed by atoms with Crippen molar-refractivity contribution in [2.24, 2.45) is 0 Å². The number of rotatable bonds is 5. The maximum Gasteiger partial charge on any atom is 0.307 e. The summed E-state index contributed by atoms with van der Waals surface area (Å²) in [5, 5.41) is 3.05. The van der Waals surface area contributed by atoms with Crippen LogP contribution in [0.2, 0.25) is 0 Å². The van der Waals surface area contributed by atoms with Crippen molar-refractivity contribution >= 4 is 17.3 Å². The molecule has 0 radical (unpaired) electrons. The number of nitrogens with two attached hydrogens (primary N) is 1. The maximum absolute atomic E-state index is 10.9. The Kier molecular flexibility index (Phi) is 4.44. The van der Waals surface area contributed by atoms with Crippen LogP contribution in [0.15, 0.2) is 18.2 Å². The fourth-order valence-corrected chi connectivity index (χ4v) is 1.23. The largest absolute Gasteiger partial charge is 0.497 e. The normalized spacial score (nSPS) is 9.62. The van der Waals surface area contributed by atoms with E-state index in [1.807, 2.05) is 6.07 Å². The highest BCUT2D eigenvalue weighted by Gasteiger charge is 2.02. The summed E-state index contributed by atoms with van der Waals surface area (Å²) in [6, 6.07) is 5.34. The highest BCUT2D eigenvalue weighted by Crippen LogP contribution is 2.23. The number of anilines is 2. The van der Waals surface area contributed by atoms with Crippen LogP contribution in [0.5, 0.6) is 5.75 Å². The van der Waals surface area contributed by atoms with Gasteiger partial charge in [0.25, 0.3) is 0 Å². The second-order valence-electron chi connectivity index (χ2n) is 3.21. The van der Waals surface area contributed by atoms with E-state index < -0.39 is 0 Å². The molecule has 1 aromatic carbocycles. The molecule has 1 rings (SSSR count). The molecule has 5 nitrogen and oxygen atoms in total. The predicted octanol–water partition coefficient (Wildman–Crippen LogP) is 1.25. The van der Waals surface area contributed by atoms with Crippen molar-refractivity contribution in [1.29, 1.82) is 0 Å². The third-order valence-corrected chi connectivity index (χ3v) is 2.13. The molecule has 3 N–H and O–H groups in total. The number of carbonyl (C=O) groups excluding carboxylic acids is 1. The van der Waals surface area contributed by atoms with E-state index in [2.05, 4.69) is 10.1 Å². The van der Waals surface area contributed by atoms with E-state index in [0.717, 1.165) is 5.69 Å². The lowest BCUT2D eigenvalue weighted by atomic mass is 10.2. The number of carbonyl (C=O) groups is 1. The lowest BCUT2D eigenvalue weighted by Crippen LogP contribution is -2.10. The van der Waals surface area contributed by atoms with Gasteiger partial charge in [-0.05, 0) is 12.1 Å². The maximum atomic E-state index is 10.9. The van der Waals surface area contributed by atoms with Gasteiger partial charge in [-0.1, -0.05) is 0 Å². The third kappa shape index (κ3) is 3.34. The minimum atomic E-state index is -0.250. The number of esters is 1. The second kappa shape index (κ2) is 5.85. The summed E-state index contributed by atoms with van der Waals surface area (Å²) in [6.45, 7) is 0.489. The molecular formula is C11H16N2O3. The van der Waals surface area contributed by atoms with Crippen molar-refractivity contribution in [3.63, 3.8) is 0 Å². The van der Waals surface area contributed by atoms with Crippen molar-refractivity contribution in [1.82, 2.24) is 0 Å². The van der Waals surface area contributed by atoms with Crippen LogP contribution in [0.25, 0.3) is 0 Å². The van der Waals surface area contributed by atoms with E-state index >= 15 is 0 Å². The zero-order valence-corrected chi connectivity index (χ0v) is 9.45. The van der Waals surface area contributed by atoms with E-state index in [9.17, 15) is 4.79 Å². The summed E-state index contributed by atoms with van der Waals surface area (Å²) in [5.74, 6) is 0.454. The van der Waals surface area contributed by atoms with E-state index in [4.69, 9.17) is 10.5 Å². The van der Waals surface area contributed by atoms with Gasteiger partial charge in [0, 0.05) is 12.6 Å². The molecule has 0 amide bonds. The molecule has 0 saturated heterocycles. The van der Waals surface area contributed by atoms with Gasteiger partial charge in [0.05, 0.1) is 32.0 Å². The monoisotopic (exact) mass is 224 g/mol. The first-order valence-corrected chi connectivity index (χ1v) is 4.91. The lowest BCUT2D eigenvalue weighted by Gasteiger charge is -2.09. The first-order valence-electron chi connectivity index (χ1n) is 4.91. The summed E-state index contributed by atoms with van der Waals surface area (Å²) >= 11 is 0. The Hall–Kier alpha value is -1.91. The number of methoxy groups -OCH3 is 2. The van der Waals surface area contributed by atoms with Crippen molar-refractivity contribution < 1.29 is 14.3 Å². The van der Waals surface area contributed by atoms with Gasteiger partial charge in [-0.15, -0.1) is 0 Å². The van der Waals surface area contributed by atoms with Gasteiger partial charge in [-0.25, -0.2) is 0 Å². The van der Waals surface area contributed by atoms with Crippen molar-refractivity contribution in [2.45, 2.75) is 6.42 Å². The molecule has 0 spiro atoms. The predicted molar refractivity (Wildman–Crippen MR) is 62.5 cm³/mol. The first kappa shape index (κ1) is 12.2. The quantitative estimate of drug-likeness (QED) is 0.581. The van der Waals surface area contributed by atoms with Crippen LogP contribution in [0.1, 0.15) is 6.42 Å². The molecule has 1 aromatic rings. The van der Waals surface area contributed by atoms with Crippen LogP contribution < -0.4 is 15.8 Å². The van der Waals surface area contributed by atoms with Gasteiger partial charge in [-0.3, -0.25) is 4.79 Å². The lowest BCUT2D eigenvalue weighted by molar-refractivity contribution is -0.140. The van der Waals surface area contributed by atoms with Gasteiger partial charge in [0.15, 0.2) is 0 Å². The molecule has 0 aromatic heterocycles. The zero-order valence-electron chi connectivity index (χ0n) is 9.45. The number of benzene rings is 1. The van der Waals surface area contributed by atoms with Gasteiger partial charge < -0.3 is 20.5 Å². The summed E-state index contributed by atoms with van der Waals surface area (Å²) in [6.07, 6.45) is 0.308. The molecule has 0 atom stereocenters. The molecule has 0 aliphatic carbocycles. The molecular weight excluding hydrogens is 208 g/mol. The molecule has 0 saturated carbocycles. The van der Waals surface area contributed by atoms with Gasteiger partial charge in [-0.2, -0.15) is 0 Å². The highest BCUT2D eigenvalue weighted by atomic mass is 16.5. The Bertz CT molecular complexity index is 366. The summed E-state index contributed by atoms with van der Waals surface area (Å²) in [4.78, 5) is 10.9. The molecule has 0 aliphatic heterocycles. The van der Waals surface area contributed by atoms with Crippen LogP contribution in [-0.2, 0) is 9.53 Å². The van der Waals surface area contributed by atoms with Crippen LogP contribution in [-0.4, -0.2) is 26.7 Å². The first-order chi connectivity index (χ1) is 7.67. The Morgan fingerprint density at radius 3 is 2.75 bits per heavy atom. The zero-order chi connectivity index (χ0) is 12.0. The van der Waals surface area contributed by atoms with E-state index in [-0.39, 0.29) is 5.97 Å². The number of hydrogen-bond acceptors (Lipinski definition) is 5. The van der Waals surface area contributed by atoms with Crippen LogP contribution in [0.4, 0.5) is 11.4 Å². The summed E-state index contributed by atoms with van der Waals surface area (Å²) < 4.78 is 9.55. The Morgan fingerprint density at radius 1 is 1.44 bits per heavy atom. The van der Waals surface area contributed by atoms with Crippen molar-refractivity contribution in [2.75, 3.05) is 31.8 Å². The summed E-state index contributed by atoms with van der Waals surface area (Å²) in [5.41, 5.74) is 7.16. The molecule has 88 valence electrons. The fourth-order valence-electron chi connectivity index (χ4n) is 1.23.